The monoisotopic (exact) mass is 315 g/mol. The van der Waals surface area contributed by atoms with Crippen molar-refractivity contribution in [3.05, 3.63) is 40.3 Å². The molecule has 1 aromatic rings. The van der Waals surface area contributed by atoms with Crippen molar-refractivity contribution in [3.8, 4) is 0 Å². The first-order valence-corrected chi connectivity index (χ1v) is 5.88. The average Bonchev–Trinajstić information content (AvgIpc) is 2.32. The van der Waals surface area contributed by atoms with E-state index in [9.17, 15) is 35.1 Å². The molecule has 0 aromatic heterocycles. The highest BCUT2D eigenvalue weighted by Crippen LogP contribution is 2.36. The zero-order chi connectivity index (χ0) is 14.2. The molecule has 0 aliphatic heterocycles. The van der Waals surface area contributed by atoms with Crippen molar-refractivity contribution >= 4 is 20.8 Å². The Bertz CT molecular complexity index is 495. The maximum atomic E-state index is 13.0. The van der Waals surface area contributed by atoms with Gasteiger partial charge in [0.05, 0.1) is 0 Å². The maximum absolute atomic E-state index is 13.0. The second kappa shape index (κ2) is 5.35. The molecule has 0 spiro atoms. The molecule has 1 unspecified atom stereocenters. The molecular weight excluding hydrogens is 316 g/mol. The van der Waals surface area contributed by atoms with Crippen LogP contribution in [0.25, 0.3) is 0 Å². The lowest BCUT2D eigenvalue weighted by molar-refractivity contribution is 0.360. The maximum Gasteiger partial charge on any atom is 0.392 e. The summed E-state index contributed by atoms with van der Waals surface area (Å²) >= 11 is 0. The van der Waals surface area contributed by atoms with Gasteiger partial charge < -0.3 is 0 Å². The largest absolute Gasteiger partial charge is 0.392 e. The van der Waals surface area contributed by atoms with E-state index in [2.05, 4.69) is 0 Å². The molecule has 10 heteroatoms. The molecule has 0 saturated carbocycles. The highest BCUT2D eigenvalue weighted by atomic mass is 35.7. The fraction of sp³-hybridized carbons (Fsp3) is 0. The Balaban J connectivity index is 3.57. The molecule has 100 valence electrons. The van der Waals surface area contributed by atoms with E-state index in [1.54, 1.807) is 0 Å². The van der Waals surface area contributed by atoms with Crippen LogP contribution in [0.3, 0.4) is 0 Å². The minimum absolute atomic E-state index is 1.85. The Kier molecular flexibility index (Phi) is 4.49. The van der Waals surface area contributed by atoms with Crippen LogP contribution in [0, 0.1) is 29.1 Å². The summed E-state index contributed by atoms with van der Waals surface area (Å²) in [5, 5.41) is -2.47. The lowest BCUT2D eigenvalue weighted by atomic mass is 10.3. The van der Waals surface area contributed by atoms with Gasteiger partial charge >= 0.3 is 11.2 Å². The van der Waals surface area contributed by atoms with Crippen molar-refractivity contribution in [3.63, 3.8) is 0 Å². The zero-order valence-corrected chi connectivity index (χ0v) is 9.38. The molecular formula is C8ClF8S+. The van der Waals surface area contributed by atoms with Gasteiger partial charge in [0, 0.05) is 0 Å². The van der Waals surface area contributed by atoms with Gasteiger partial charge in [-0.15, -0.1) is 4.39 Å². The molecule has 1 aromatic carbocycles. The zero-order valence-electron chi connectivity index (χ0n) is 7.81. The van der Waals surface area contributed by atoms with Crippen LogP contribution in [0.1, 0.15) is 0 Å². The van der Waals surface area contributed by atoms with E-state index in [1.807, 2.05) is 0 Å². The molecule has 0 heterocycles. The first kappa shape index (κ1) is 15.1. The third-order valence-corrected chi connectivity index (χ3v) is 3.71. The third kappa shape index (κ3) is 2.41. The number of hydrogen-bond donors (Lipinski definition) is 0. The molecule has 0 nitrogen and oxygen atoms in total. The van der Waals surface area contributed by atoms with Crippen LogP contribution in [-0.2, 0) is 10.1 Å². The van der Waals surface area contributed by atoms with Crippen LogP contribution in [0.4, 0.5) is 35.1 Å². The predicted molar refractivity (Wildman–Crippen MR) is 48.1 cm³/mol. The first-order chi connectivity index (χ1) is 8.20. The smallest absolute Gasteiger partial charge is 0.200 e. The normalized spacial score (nSPS) is 12.5. The van der Waals surface area contributed by atoms with E-state index >= 15 is 0 Å². The van der Waals surface area contributed by atoms with Crippen molar-refractivity contribution in [2.24, 2.45) is 0 Å². The summed E-state index contributed by atoms with van der Waals surface area (Å²) in [6, 6.07) is 0. The molecule has 0 aliphatic carbocycles. The van der Waals surface area contributed by atoms with E-state index in [4.69, 9.17) is 10.7 Å². The molecule has 0 radical (unpaired) electrons. The van der Waals surface area contributed by atoms with Gasteiger partial charge in [0.15, 0.2) is 10.7 Å². The molecule has 0 bridgehead atoms. The number of hydrogen-bond acceptors (Lipinski definition) is 0. The molecule has 0 aliphatic rings. The van der Waals surface area contributed by atoms with Gasteiger partial charge in [-0.3, -0.25) is 0 Å². The van der Waals surface area contributed by atoms with Gasteiger partial charge in [-0.1, -0.05) is 0 Å². The van der Waals surface area contributed by atoms with Gasteiger partial charge in [-0.05, 0) is 0 Å². The summed E-state index contributed by atoms with van der Waals surface area (Å²) in [7, 11) is 1.82. The van der Waals surface area contributed by atoms with Gasteiger partial charge in [-0.25, -0.2) is 13.2 Å². The van der Waals surface area contributed by atoms with Crippen LogP contribution in [0.2, 0.25) is 0 Å². The summed E-state index contributed by atoms with van der Waals surface area (Å²) < 4.78 is 100. The third-order valence-electron chi connectivity index (χ3n) is 1.65. The van der Waals surface area contributed by atoms with Crippen molar-refractivity contribution in [2.45, 2.75) is 4.90 Å². The van der Waals surface area contributed by atoms with Crippen LogP contribution in [0.15, 0.2) is 16.1 Å². The Morgan fingerprint density at radius 3 is 1.39 bits per heavy atom. The topological polar surface area (TPSA) is 0 Å². The summed E-state index contributed by atoms with van der Waals surface area (Å²) in [6.07, 6.45) is -3.02. The highest BCUT2D eigenvalue weighted by molar-refractivity contribution is 8.21. The molecule has 0 N–H and O–H groups in total. The lowest BCUT2D eigenvalue weighted by Gasteiger charge is -2.03. The van der Waals surface area contributed by atoms with Crippen molar-refractivity contribution in [2.75, 3.05) is 0 Å². The van der Waals surface area contributed by atoms with E-state index in [0.717, 1.165) is 0 Å². The van der Waals surface area contributed by atoms with Crippen LogP contribution in [-0.4, -0.2) is 0 Å². The number of rotatable bonds is 2. The Labute approximate surface area is 102 Å². The van der Waals surface area contributed by atoms with E-state index < -0.39 is 55.3 Å². The van der Waals surface area contributed by atoms with Crippen LogP contribution < -0.4 is 0 Å². The summed E-state index contributed by atoms with van der Waals surface area (Å²) in [4.78, 5) is -1.85. The summed E-state index contributed by atoms with van der Waals surface area (Å²) in [5.74, 6) is -12.2. The van der Waals surface area contributed by atoms with Gasteiger partial charge in [0.25, 0.3) is 4.90 Å². The van der Waals surface area contributed by atoms with E-state index in [-0.39, 0.29) is 0 Å². The minimum Gasteiger partial charge on any atom is -0.200 e. The second-order valence-corrected chi connectivity index (χ2v) is 4.89. The average molecular weight is 316 g/mol. The van der Waals surface area contributed by atoms with Crippen LogP contribution in [0.5, 0.6) is 0 Å². The second-order valence-electron chi connectivity index (χ2n) is 2.69. The van der Waals surface area contributed by atoms with Crippen molar-refractivity contribution in [1.29, 1.82) is 0 Å². The number of benzene rings is 1. The first-order valence-electron chi connectivity index (χ1n) is 3.82. The summed E-state index contributed by atoms with van der Waals surface area (Å²) in [6.45, 7) is 0. The van der Waals surface area contributed by atoms with Crippen molar-refractivity contribution in [1.82, 2.24) is 0 Å². The SMILES string of the molecule is FC(F)=C(F)[S+](Cl)c1c(F)c(F)c(F)c(F)c1F. The lowest BCUT2D eigenvalue weighted by Crippen LogP contribution is -2.10. The van der Waals surface area contributed by atoms with E-state index in [0.29, 0.717) is 0 Å². The molecule has 18 heavy (non-hydrogen) atoms. The summed E-state index contributed by atoms with van der Waals surface area (Å²) in [5.41, 5.74) is 0. The number of halogens is 9. The van der Waals surface area contributed by atoms with Gasteiger partial charge in [-0.2, -0.15) is 17.6 Å². The van der Waals surface area contributed by atoms with Gasteiger partial charge in [0.2, 0.25) is 39.2 Å². The Morgan fingerprint density at radius 1 is 0.722 bits per heavy atom. The van der Waals surface area contributed by atoms with Gasteiger partial charge in [0.1, 0.15) is 0 Å². The molecule has 0 fully saturated rings. The molecule has 1 rings (SSSR count). The molecule has 1 atom stereocenters. The van der Waals surface area contributed by atoms with Crippen molar-refractivity contribution < 1.29 is 35.1 Å². The fourth-order valence-corrected chi connectivity index (χ4v) is 2.29. The Hall–Kier alpha value is -0.960. The highest BCUT2D eigenvalue weighted by Gasteiger charge is 2.43. The fourth-order valence-electron chi connectivity index (χ4n) is 0.899. The van der Waals surface area contributed by atoms with Crippen LogP contribution >= 0.6 is 10.7 Å². The standard InChI is InChI=1S/C8ClF8S/c9-18(8(17)7(15)16)6-4(13)2(11)1(10)3(12)5(6)14/q+1. The van der Waals surface area contributed by atoms with E-state index in [1.165, 1.54) is 0 Å². The molecule has 0 saturated heterocycles. The Morgan fingerprint density at radius 2 is 1.06 bits per heavy atom. The minimum atomic E-state index is -3.12. The molecule has 0 amide bonds. The predicted octanol–water partition coefficient (Wildman–Crippen LogP) is 4.55. The quantitative estimate of drug-likeness (QED) is 0.325.